The molecule has 0 unspecified atom stereocenters. The van der Waals surface area contributed by atoms with Gasteiger partial charge in [0.05, 0.1) is 28.6 Å². The molecule has 26 heavy (non-hydrogen) atoms. The lowest BCUT2D eigenvalue weighted by molar-refractivity contribution is 0.0951. The summed E-state index contributed by atoms with van der Waals surface area (Å²) in [6.07, 6.45) is 1.78. The quantitative estimate of drug-likeness (QED) is 0.695. The highest BCUT2D eigenvalue weighted by Gasteiger charge is 2.11. The number of carbonyl (C=O) groups excluding carboxylic acids is 1. The molecule has 3 rings (SSSR count). The van der Waals surface area contributed by atoms with E-state index in [1.807, 2.05) is 56.8 Å². The minimum absolute atomic E-state index is 0.0892. The van der Waals surface area contributed by atoms with Crippen LogP contribution in [0, 0.1) is 20.8 Å². The van der Waals surface area contributed by atoms with Gasteiger partial charge in [-0.25, -0.2) is 0 Å². The average Bonchev–Trinajstić information content (AvgIpc) is 3.08. The third-order valence-corrected chi connectivity index (χ3v) is 5.77. The molecular weight excluding hydrogens is 394 g/mol. The Morgan fingerprint density at radius 3 is 2.38 bits per heavy atom. The number of amides is 1. The Bertz CT molecular complexity index is 940. The maximum absolute atomic E-state index is 12.3. The molecule has 0 saturated heterocycles. The smallest absolute Gasteiger partial charge is 0.251 e. The highest BCUT2D eigenvalue weighted by molar-refractivity contribution is 9.10. The van der Waals surface area contributed by atoms with Gasteiger partial charge in [-0.2, -0.15) is 10.2 Å². The molecule has 0 bridgehead atoms. The van der Waals surface area contributed by atoms with Gasteiger partial charge >= 0.3 is 0 Å². The van der Waals surface area contributed by atoms with E-state index in [1.165, 1.54) is 0 Å². The Kier molecular flexibility index (Phi) is 5.27. The maximum atomic E-state index is 12.3. The number of carbonyl (C=O) groups is 1. The third kappa shape index (κ3) is 3.72. The number of nitrogens with zero attached hydrogens (tertiary/aromatic N) is 4. The average molecular weight is 416 g/mol. The molecule has 1 amide bonds. The highest BCUT2D eigenvalue weighted by atomic mass is 79.9. The Hall–Kier alpha value is -2.41. The van der Waals surface area contributed by atoms with E-state index in [9.17, 15) is 4.79 Å². The van der Waals surface area contributed by atoms with Gasteiger partial charge < -0.3 is 5.32 Å². The van der Waals surface area contributed by atoms with E-state index in [0.29, 0.717) is 18.7 Å². The molecule has 0 aliphatic carbocycles. The van der Waals surface area contributed by atoms with Crippen molar-refractivity contribution in [2.75, 3.05) is 0 Å². The van der Waals surface area contributed by atoms with Crippen molar-refractivity contribution in [3.63, 3.8) is 0 Å². The van der Waals surface area contributed by atoms with Crippen LogP contribution in [0.2, 0.25) is 0 Å². The molecule has 0 spiro atoms. The molecule has 136 valence electrons. The number of hydrogen-bond donors (Lipinski definition) is 1. The van der Waals surface area contributed by atoms with Crippen LogP contribution >= 0.6 is 15.9 Å². The molecule has 6 nitrogen and oxygen atoms in total. The topological polar surface area (TPSA) is 64.7 Å². The second-order valence-corrected chi connectivity index (χ2v) is 7.19. The summed E-state index contributed by atoms with van der Waals surface area (Å²) in [5.74, 6) is -0.0892. The van der Waals surface area contributed by atoms with Crippen molar-refractivity contribution in [1.29, 1.82) is 0 Å². The number of halogens is 1. The van der Waals surface area contributed by atoms with Crippen LogP contribution in [0.1, 0.15) is 38.6 Å². The van der Waals surface area contributed by atoms with Crippen LogP contribution in [0.25, 0.3) is 0 Å². The van der Waals surface area contributed by atoms with Crippen LogP contribution < -0.4 is 5.32 Å². The van der Waals surface area contributed by atoms with Gasteiger partial charge in [0.2, 0.25) is 0 Å². The molecule has 1 aromatic carbocycles. The summed E-state index contributed by atoms with van der Waals surface area (Å²) in [6.45, 7) is 7.15. The number of aryl methyl sites for hydroxylation is 2. The van der Waals surface area contributed by atoms with Gasteiger partial charge in [-0.05, 0) is 54.4 Å². The van der Waals surface area contributed by atoms with E-state index in [-0.39, 0.29) is 5.91 Å². The van der Waals surface area contributed by atoms with Crippen LogP contribution in [0.3, 0.4) is 0 Å². The van der Waals surface area contributed by atoms with Crippen molar-refractivity contribution in [2.24, 2.45) is 7.05 Å². The van der Waals surface area contributed by atoms with Crippen LogP contribution in [-0.2, 0) is 20.1 Å². The molecule has 0 aliphatic heterocycles. The van der Waals surface area contributed by atoms with E-state index >= 15 is 0 Å². The maximum Gasteiger partial charge on any atom is 0.251 e. The predicted octanol–water partition coefficient (Wildman–Crippen LogP) is 3.28. The molecule has 2 aromatic heterocycles. The zero-order valence-corrected chi connectivity index (χ0v) is 17.0. The second kappa shape index (κ2) is 7.45. The predicted molar refractivity (Wildman–Crippen MR) is 104 cm³/mol. The van der Waals surface area contributed by atoms with Gasteiger partial charge in [-0.1, -0.05) is 12.1 Å². The Balaban J connectivity index is 1.64. The fraction of sp³-hybridized carbons (Fsp3) is 0.316. The Morgan fingerprint density at radius 1 is 1.15 bits per heavy atom. The number of aromatic nitrogens is 4. The van der Waals surface area contributed by atoms with Crippen LogP contribution in [0.4, 0.5) is 0 Å². The van der Waals surface area contributed by atoms with Crippen LogP contribution in [-0.4, -0.2) is 25.5 Å². The lowest BCUT2D eigenvalue weighted by Gasteiger charge is -2.08. The van der Waals surface area contributed by atoms with Crippen molar-refractivity contribution < 1.29 is 4.79 Å². The van der Waals surface area contributed by atoms with Crippen LogP contribution in [0.15, 0.2) is 34.9 Å². The Labute approximate surface area is 161 Å². The number of hydrogen-bond acceptors (Lipinski definition) is 3. The van der Waals surface area contributed by atoms with Crippen molar-refractivity contribution in [3.05, 3.63) is 68.7 Å². The van der Waals surface area contributed by atoms with Crippen molar-refractivity contribution >= 4 is 21.8 Å². The van der Waals surface area contributed by atoms with Crippen molar-refractivity contribution in [2.45, 2.75) is 33.9 Å². The molecule has 7 heteroatoms. The van der Waals surface area contributed by atoms with Gasteiger partial charge in [0.25, 0.3) is 5.91 Å². The zero-order chi connectivity index (χ0) is 18.8. The number of rotatable bonds is 5. The summed E-state index contributed by atoms with van der Waals surface area (Å²) in [7, 11) is 1.89. The molecule has 0 aliphatic rings. The zero-order valence-electron chi connectivity index (χ0n) is 15.4. The molecule has 1 N–H and O–H groups in total. The first kappa shape index (κ1) is 18.4. The molecule has 0 radical (unpaired) electrons. The molecule has 0 fully saturated rings. The van der Waals surface area contributed by atoms with Gasteiger partial charge in [0, 0.05) is 30.4 Å². The largest absolute Gasteiger partial charge is 0.348 e. The first-order valence-corrected chi connectivity index (χ1v) is 9.20. The third-order valence-electron chi connectivity index (χ3n) is 4.62. The number of benzene rings is 1. The summed E-state index contributed by atoms with van der Waals surface area (Å²) in [5, 5.41) is 11.6. The first-order chi connectivity index (χ1) is 12.4. The fourth-order valence-electron chi connectivity index (χ4n) is 2.76. The summed E-state index contributed by atoms with van der Waals surface area (Å²) in [6, 6.07) is 7.63. The van der Waals surface area contributed by atoms with Gasteiger partial charge in [-0.3, -0.25) is 14.2 Å². The summed E-state index contributed by atoms with van der Waals surface area (Å²) in [4.78, 5) is 12.3. The van der Waals surface area contributed by atoms with E-state index in [2.05, 4.69) is 31.4 Å². The van der Waals surface area contributed by atoms with E-state index in [0.717, 1.165) is 32.7 Å². The minimum Gasteiger partial charge on any atom is -0.348 e. The molecule has 0 saturated carbocycles. The minimum atomic E-state index is -0.0892. The normalized spacial score (nSPS) is 11.0. The summed E-state index contributed by atoms with van der Waals surface area (Å²) < 4.78 is 4.80. The lowest BCUT2D eigenvalue weighted by atomic mass is 10.1. The Morgan fingerprint density at radius 2 is 1.85 bits per heavy atom. The fourth-order valence-corrected chi connectivity index (χ4v) is 3.04. The van der Waals surface area contributed by atoms with Gasteiger partial charge in [0.1, 0.15) is 0 Å². The molecule has 3 aromatic rings. The van der Waals surface area contributed by atoms with Crippen LogP contribution in [0.5, 0.6) is 0 Å². The van der Waals surface area contributed by atoms with E-state index in [1.54, 1.807) is 10.9 Å². The highest BCUT2D eigenvalue weighted by Crippen LogP contribution is 2.20. The first-order valence-electron chi connectivity index (χ1n) is 8.41. The monoisotopic (exact) mass is 415 g/mol. The van der Waals surface area contributed by atoms with Crippen molar-refractivity contribution in [3.8, 4) is 0 Å². The summed E-state index contributed by atoms with van der Waals surface area (Å²) >= 11 is 3.54. The van der Waals surface area contributed by atoms with E-state index < -0.39 is 0 Å². The van der Waals surface area contributed by atoms with Gasteiger partial charge in [-0.15, -0.1) is 0 Å². The molecule has 0 atom stereocenters. The lowest BCUT2D eigenvalue weighted by Crippen LogP contribution is -2.23. The van der Waals surface area contributed by atoms with Gasteiger partial charge in [0.15, 0.2) is 0 Å². The number of nitrogens with one attached hydrogen (secondary N) is 1. The van der Waals surface area contributed by atoms with E-state index in [4.69, 9.17) is 0 Å². The SMILES string of the molecule is Cc1nn(Cc2ccc(C(=O)NCc3cnn(C)c3C)cc2)c(C)c1Br. The summed E-state index contributed by atoms with van der Waals surface area (Å²) in [5.41, 5.74) is 5.89. The second-order valence-electron chi connectivity index (χ2n) is 6.40. The van der Waals surface area contributed by atoms with Crippen molar-refractivity contribution in [1.82, 2.24) is 24.9 Å². The molecule has 2 heterocycles. The molecular formula is C19H22BrN5O. The standard InChI is InChI=1S/C19H22BrN5O/c1-12-18(20)14(3)25(23-12)11-15-5-7-16(8-6-15)19(26)21-9-17-10-22-24(4)13(17)2/h5-8,10H,9,11H2,1-4H3,(H,21,26).